The van der Waals surface area contributed by atoms with Crippen LogP contribution in [0.2, 0.25) is 0 Å². The summed E-state index contributed by atoms with van der Waals surface area (Å²) < 4.78 is 343. The van der Waals surface area contributed by atoms with Crippen molar-refractivity contribution in [2.45, 2.75) is 71.6 Å². The van der Waals surface area contributed by atoms with Gasteiger partial charge in [0.2, 0.25) is 0 Å². The third-order valence-electron chi connectivity index (χ3n) is 5.54. The average molecular weight is 793 g/mol. The fourth-order valence-electron chi connectivity index (χ4n) is 2.85. The Kier molecular flexibility index (Phi) is 9.49. The van der Waals surface area contributed by atoms with Crippen LogP contribution >= 0.6 is 15.9 Å². The fraction of sp³-hybridized carbons (Fsp3) is 0.667. The molecular formula is C18H3BrF26. The Morgan fingerprint density at radius 2 is 0.600 bits per heavy atom. The second-order valence-corrected chi connectivity index (χ2v) is 9.29. The van der Waals surface area contributed by atoms with Crippen LogP contribution < -0.4 is 0 Å². The number of hydrogen-bond acceptors (Lipinski definition) is 0. The van der Waals surface area contributed by atoms with E-state index < -0.39 is 105 Å². The van der Waals surface area contributed by atoms with Crippen LogP contribution in [0.5, 0.6) is 0 Å². The van der Waals surface area contributed by atoms with E-state index in [4.69, 9.17) is 0 Å². The molecule has 0 aliphatic heterocycles. The Labute approximate surface area is 236 Å². The van der Waals surface area contributed by atoms with Gasteiger partial charge in [0, 0.05) is 15.6 Å². The van der Waals surface area contributed by atoms with Crippen molar-refractivity contribution in [1.29, 1.82) is 0 Å². The van der Waals surface area contributed by atoms with E-state index >= 15 is 0 Å². The van der Waals surface area contributed by atoms with Gasteiger partial charge in [0.05, 0.1) is 0 Å². The molecule has 27 heteroatoms. The second kappa shape index (κ2) is 10.4. The van der Waals surface area contributed by atoms with Crippen molar-refractivity contribution in [2.24, 2.45) is 0 Å². The van der Waals surface area contributed by atoms with E-state index in [1.807, 2.05) is 0 Å². The first-order valence-electron chi connectivity index (χ1n) is 9.84. The van der Waals surface area contributed by atoms with Crippen LogP contribution in [0.25, 0.3) is 0 Å². The Bertz CT molecular complexity index is 1250. The topological polar surface area (TPSA) is 0 Å². The molecule has 1 aromatic carbocycles. The van der Waals surface area contributed by atoms with Crippen LogP contribution in [0.4, 0.5) is 114 Å². The molecule has 0 aliphatic carbocycles. The SMILES string of the molecule is FC(F)(F)C(F)(F)C(F)(F)C(F)(F)C(F)(F)C(F)(F)c1ccc(C(F)(F)C(F)(F)C(F)(F)C(F)(F)C(F)(F)C(F)(F)F)c(Br)c1. The molecule has 0 atom stereocenters. The van der Waals surface area contributed by atoms with Gasteiger partial charge in [-0.3, -0.25) is 0 Å². The lowest BCUT2D eigenvalue weighted by atomic mass is 9.88. The van der Waals surface area contributed by atoms with Crippen molar-refractivity contribution in [1.82, 2.24) is 0 Å². The van der Waals surface area contributed by atoms with Crippen LogP contribution in [-0.2, 0) is 11.8 Å². The molecule has 0 aromatic heterocycles. The normalized spacial score (nSPS) is 16.3. The van der Waals surface area contributed by atoms with Crippen molar-refractivity contribution in [3.63, 3.8) is 0 Å². The molecule has 0 saturated carbocycles. The summed E-state index contributed by atoms with van der Waals surface area (Å²) in [5.41, 5.74) is -6.41. The van der Waals surface area contributed by atoms with Crippen molar-refractivity contribution >= 4 is 15.9 Å². The molecule has 0 amide bonds. The molecule has 264 valence electrons. The Balaban J connectivity index is 3.83. The van der Waals surface area contributed by atoms with Crippen LogP contribution in [-0.4, -0.2) is 59.7 Å². The van der Waals surface area contributed by atoms with Gasteiger partial charge in [0.1, 0.15) is 0 Å². The van der Waals surface area contributed by atoms with Crippen molar-refractivity contribution < 1.29 is 114 Å². The van der Waals surface area contributed by atoms with E-state index in [-0.39, 0.29) is 0 Å². The van der Waals surface area contributed by atoms with Crippen LogP contribution in [0.3, 0.4) is 0 Å². The zero-order chi connectivity index (χ0) is 36.9. The van der Waals surface area contributed by atoms with Gasteiger partial charge in [-0.05, 0) is 6.07 Å². The molecule has 0 heterocycles. The summed E-state index contributed by atoms with van der Waals surface area (Å²) >= 11 is 1.41. The molecule has 45 heavy (non-hydrogen) atoms. The molecule has 0 nitrogen and oxygen atoms in total. The molecule has 0 N–H and O–H groups in total. The highest BCUT2D eigenvalue weighted by molar-refractivity contribution is 9.10. The lowest BCUT2D eigenvalue weighted by Gasteiger charge is -2.40. The van der Waals surface area contributed by atoms with E-state index in [0.717, 1.165) is 0 Å². The quantitative estimate of drug-likeness (QED) is 0.207. The van der Waals surface area contributed by atoms with E-state index in [1.54, 1.807) is 0 Å². The maximum Gasteiger partial charge on any atom is 0.460 e. The summed E-state index contributed by atoms with van der Waals surface area (Å²) in [4.78, 5) is 0. The van der Waals surface area contributed by atoms with Crippen molar-refractivity contribution in [3.05, 3.63) is 33.8 Å². The lowest BCUT2D eigenvalue weighted by Crippen LogP contribution is -2.69. The molecule has 0 fully saturated rings. The molecule has 0 spiro atoms. The molecule has 0 unspecified atom stereocenters. The predicted octanol–water partition coefficient (Wildman–Crippen LogP) is 10.8. The van der Waals surface area contributed by atoms with Gasteiger partial charge in [-0.2, -0.15) is 114 Å². The van der Waals surface area contributed by atoms with Gasteiger partial charge in [0.15, 0.2) is 0 Å². The minimum atomic E-state index is -8.48. The van der Waals surface area contributed by atoms with Gasteiger partial charge in [-0.25, -0.2) is 0 Å². The van der Waals surface area contributed by atoms with E-state index in [9.17, 15) is 114 Å². The van der Waals surface area contributed by atoms with Crippen LogP contribution in [0, 0.1) is 0 Å². The minimum Gasteiger partial charge on any atom is -0.194 e. The summed E-state index contributed by atoms with van der Waals surface area (Å²) in [5, 5.41) is 0. The summed E-state index contributed by atoms with van der Waals surface area (Å²) in [7, 11) is 0. The summed E-state index contributed by atoms with van der Waals surface area (Å²) in [6.45, 7) is 0. The molecule has 1 rings (SSSR count). The van der Waals surface area contributed by atoms with Crippen LogP contribution in [0.1, 0.15) is 11.1 Å². The summed E-state index contributed by atoms with van der Waals surface area (Å²) in [5.74, 6) is -81.2. The Morgan fingerprint density at radius 3 is 0.867 bits per heavy atom. The molecule has 0 aliphatic rings. The number of rotatable bonds is 10. The molecule has 1 aromatic rings. The first-order chi connectivity index (χ1) is 19.1. The third kappa shape index (κ3) is 5.23. The zero-order valence-corrected chi connectivity index (χ0v) is 21.0. The van der Waals surface area contributed by atoms with E-state index in [1.165, 1.54) is 15.9 Å². The van der Waals surface area contributed by atoms with Crippen LogP contribution in [0.15, 0.2) is 22.7 Å². The smallest absolute Gasteiger partial charge is 0.194 e. The largest absolute Gasteiger partial charge is 0.460 e. The lowest BCUT2D eigenvalue weighted by molar-refractivity contribution is -0.442. The number of halogens is 27. The third-order valence-corrected chi connectivity index (χ3v) is 6.19. The fourth-order valence-corrected chi connectivity index (χ4v) is 3.48. The van der Waals surface area contributed by atoms with Crippen molar-refractivity contribution in [2.75, 3.05) is 0 Å². The maximum absolute atomic E-state index is 14.3. The second-order valence-electron chi connectivity index (χ2n) is 8.43. The predicted molar refractivity (Wildman–Crippen MR) is 93.6 cm³/mol. The highest BCUT2D eigenvalue weighted by Gasteiger charge is 2.92. The minimum absolute atomic E-state index is 1.33. The summed E-state index contributed by atoms with van der Waals surface area (Å²) in [6, 6.07) is -4.01. The zero-order valence-electron chi connectivity index (χ0n) is 19.4. The Hall–Kier alpha value is -2.12. The molecule has 0 bridgehead atoms. The first-order valence-corrected chi connectivity index (χ1v) is 10.6. The van der Waals surface area contributed by atoms with Gasteiger partial charge < -0.3 is 0 Å². The highest BCUT2D eigenvalue weighted by atomic mass is 79.9. The average Bonchev–Trinajstić information content (AvgIpc) is 2.81. The standard InChI is InChI=1S/C18H3BrF26/c19-6-3-4(7(20,21)9(24,25)11(28,29)13(32,33)15(36,37)17(40,41)42)1-2-5(6)8(22,23)10(26,27)12(30,31)14(34,35)16(38,39)18(43,44)45/h1-3H. The monoisotopic (exact) mass is 792 g/mol. The first kappa shape index (κ1) is 40.9. The number of benzene rings is 1. The molecular weight excluding hydrogens is 790 g/mol. The number of hydrogen-bond donors (Lipinski definition) is 0. The molecule has 0 radical (unpaired) electrons. The van der Waals surface area contributed by atoms with Crippen molar-refractivity contribution in [3.8, 4) is 0 Å². The van der Waals surface area contributed by atoms with E-state index in [2.05, 4.69) is 0 Å². The Morgan fingerprint density at radius 1 is 0.333 bits per heavy atom. The van der Waals surface area contributed by atoms with Gasteiger partial charge in [-0.15, -0.1) is 0 Å². The summed E-state index contributed by atoms with van der Waals surface area (Å²) in [6.07, 6.45) is -15.7. The van der Waals surface area contributed by atoms with Gasteiger partial charge in [-0.1, -0.05) is 28.1 Å². The van der Waals surface area contributed by atoms with Gasteiger partial charge >= 0.3 is 71.6 Å². The molecule has 0 saturated heterocycles. The number of alkyl halides is 26. The van der Waals surface area contributed by atoms with Gasteiger partial charge in [0.25, 0.3) is 0 Å². The maximum atomic E-state index is 14.3. The van der Waals surface area contributed by atoms with E-state index in [0.29, 0.717) is 0 Å². The highest BCUT2D eigenvalue weighted by Crippen LogP contribution is 2.64.